The molecule has 0 amide bonds. The monoisotopic (exact) mass is 246 g/mol. The molecular weight excluding hydrogens is 220 g/mol. The first-order valence-electron chi connectivity index (χ1n) is 7.56. The predicted octanol–water partition coefficient (Wildman–Crippen LogP) is 2.21. The Morgan fingerprint density at radius 3 is 2.39 bits per heavy atom. The van der Waals surface area contributed by atoms with Crippen LogP contribution in [0.1, 0.15) is 39.0 Å². The van der Waals surface area contributed by atoms with Gasteiger partial charge in [0.25, 0.3) is 0 Å². The lowest BCUT2D eigenvalue weighted by Gasteiger charge is -2.47. The van der Waals surface area contributed by atoms with E-state index in [4.69, 9.17) is 0 Å². The molecule has 0 radical (unpaired) electrons. The second-order valence-corrected chi connectivity index (χ2v) is 6.79. The molecule has 3 fully saturated rings. The first-order chi connectivity index (χ1) is 8.71. The number of likely N-dealkylation sites (tertiary alicyclic amines) is 2. The molecule has 0 unspecified atom stereocenters. The minimum absolute atomic E-state index is 0.675. The Labute approximate surface area is 112 Å². The lowest BCUT2D eigenvalue weighted by atomic mass is 9.79. The van der Waals surface area contributed by atoms with Gasteiger partial charge in [-0.25, -0.2) is 0 Å². The normalized spacial score (nSPS) is 36.1. The fourth-order valence-electron chi connectivity index (χ4n) is 4.43. The first kappa shape index (κ1) is 12.5. The van der Waals surface area contributed by atoms with Crippen LogP contribution in [0.3, 0.4) is 0 Å². The topological polar surface area (TPSA) is 6.48 Å². The van der Waals surface area contributed by atoms with Gasteiger partial charge in [0.15, 0.2) is 0 Å². The van der Waals surface area contributed by atoms with Gasteiger partial charge in [0, 0.05) is 37.0 Å². The first-order valence-corrected chi connectivity index (χ1v) is 7.56. The molecule has 2 heteroatoms. The van der Waals surface area contributed by atoms with E-state index in [1.54, 1.807) is 0 Å². The Balaban J connectivity index is 1.50. The molecule has 0 aromatic heterocycles. The summed E-state index contributed by atoms with van der Waals surface area (Å²) >= 11 is 0. The van der Waals surface area contributed by atoms with Crippen LogP contribution in [-0.2, 0) is 0 Å². The zero-order valence-electron chi connectivity index (χ0n) is 11.9. The summed E-state index contributed by atoms with van der Waals surface area (Å²) in [6, 6.07) is 0.866. The van der Waals surface area contributed by atoms with Gasteiger partial charge in [-0.05, 0) is 52.6 Å². The van der Waals surface area contributed by atoms with Crippen molar-refractivity contribution >= 4 is 0 Å². The summed E-state index contributed by atoms with van der Waals surface area (Å²) in [6.07, 6.45) is 6.85. The van der Waals surface area contributed by atoms with Crippen LogP contribution in [0.15, 0.2) is 0 Å². The fraction of sp³-hybridized carbons (Fsp3) is 0.875. The summed E-state index contributed by atoms with van der Waals surface area (Å²) in [6.45, 7) is 7.36. The van der Waals surface area contributed by atoms with Crippen molar-refractivity contribution in [3.05, 3.63) is 0 Å². The smallest absolute Gasteiger partial charge is 0.0203 e. The maximum Gasteiger partial charge on any atom is 0.0203 e. The molecule has 3 aliphatic rings. The van der Waals surface area contributed by atoms with Crippen molar-refractivity contribution in [3.63, 3.8) is 0 Å². The van der Waals surface area contributed by atoms with Crippen molar-refractivity contribution in [2.45, 2.75) is 45.1 Å². The number of nitrogens with zero attached hydrogens (tertiary/aromatic N) is 2. The number of hydrogen-bond acceptors (Lipinski definition) is 2. The van der Waals surface area contributed by atoms with Crippen LogP contribution in [0, 0.1) is 23.2 Å². The lowest BCUT2D eigenvalue weighted by Crippen LogP contribution is -2.56. The molecule has 2 heterocycles. The van der Waals surface area contributed by atoms with Gasteiger partial charge >= 0.3 is 0 Å². The second-order valence-electron chi connectivity index (χ2n) is 6.79. The third kappa shape index (κ3) is 2.31. The van der Waals surface area contributed by atoms with Crippen molar-refractivity contribution in [2.75, 3.05) is 33.2 Å². The summed E-state index contributed by atoms with van der Waals surface area (Å²) in [7, 11) is 2.25. The third-order valence-electron chi connectivity index (χ3n) is 5.24. The van der Waals surface area contributed by atoms with E-state index in [9.17, 15) is 0 Å². The molecule has 0 bridgehead atoms. The predicted molar refractivity (Wildman–Crippen MR) is 75.3 cm³/mol. The molecule has 0 N–H and O–H groups in total. The summed E-state index contributed by atoms with van der Waals surface area (Å²) in [5.41, 5.74) is 0.675. The van der Waals surface area contributed by atoms with Crippen LogP contribution in [0.25, 0.3) is 0 Å². The van der Waals surface area contributed by atoms with Crippen LogP contribution in [0.2, 0.25) is 0 Å². The minimum Gasteiger partial charge on any atom is -0.305 e. The molecule has 1 aliphatic carbocycles. The standard InChI is InChI=1S/C16H26N2/c1-3-4-14-5-7-15(8-6-14)18-10-9-16(13-18)11-17(2)12-16/h14-15H,5-13H2,1-2H3. The molecule has 0 aromatic rings. The van der Waals surface area contributed by atoms with E-state index in [1.807, 2.05) is 6.92 Å². The van der Waals surface area contributed by atoms with Gasteiger partial charge in [0.2, 0.25) is 0 Å². The lowest BCUT2D eigenvalue weighted by molar-refractivity contribution is 0.0236. The minimum atomic E-state index is 0.675. The highest BCUT2D eigenvalue weighted by atomic mass is 15.3. The van der Waals surface area contributed by atoms with Gasteiger partial charge in [0.05, 0.1) is 0 Å². The number of rotatable bonds is 1. The quantitative estimate of drug-likeness (QED) is 0.655. The summed E-state index contributed by atoms with van der Waals surface area (Å²) in [5, 5.41) is 0. The second kappa shape index (κ2) is 4.87. The average Bonchev–Trinajstić information content (AvgIpc) is 2.75. The van der Waals surface area contributed by atoms with Gasteiger partial charge in [0.1, 0.15) is 0 Å². The molecule has 1 saturated carbocycles. The zero-order chi connectivity index (χ0) is 12.6. The van der Waals surface area contributed by atoms with E-state index in [-0.39, 0.29) is 0 Å². The molecule has 0 atom stereocenters. The third-order valence-corrected chi connectivity index (χ3v) is 5.24. The number of hydrogen-bond donors (Lipinski definition) is 0. The van der Waals surface area contributed by atoms with Gasteiger partial charge in [-0.15, -0.1) is 11.8 Å². The van der Waals surface area contributed by atoms with E-state index in [2.05, 4.69) is 28.7 Å². The summed E-state index contributed by atoms with van der Waals surface area (Å²) in [5.74, 6) is 7.15. The van der Waals surface area contributed by atoms with E-state index in [1.165, 1.54) is 58.3 Å². The molecule has 1 spiro atoms. The van der Waals surface area contributed by atoms with E-state index < -0.39 is 0 Å². The Morgan fingerprint density at radius 2 is 1.78 bits per heavy atom. The van der Waals surface area contributed by atoms with E-state index >= 15 is 0 Å². The maximum absolute atomic E-state index is 3.36. The SMILES string of the molecule is CC#CC1CCC(N2CCC3(CN(C)C3)C2)CC1. The molecule has 2 aliphatic heterocycles. The Kier molecular flexibility index (Phi) is 3.38. The van der Waals surface area contributed by atoms with Gasteiger partial charge < -0.3 is 4.90 Å². The van der Waals surface area contributed by atoms with Crippen molar-refractivity contribution in [1.82, 2.24) is 9.80 Å². The molecule has 2 saturated heterocycles. The fourth-order valence-corrected chi connectivity index (χ4v) is 4.43. The molecule has 18 heavy (non-hydrogen) atoms. The largest absolute Gasteiger partial charge is 0.305 e. The molecule has 100 valence electrons. The highest BCUT2D eigenvalue weighted by Gasteiger charge is 2.47. The molecule has 2 nitrogen and oxygen atoms in total. The molecule has 0 aromatic carbocycles. The highest BCUT2D eigenvalue weighted by molar-refractivity contribution is 5.05. The Bertz CT molecular complexity index is 351. The Morgan fingerprint density at radius 1 is 1.06 bits per heavy atom. The molecule has 3 rings (SSSR count). The average molecular weight is 246 g/mol. The van der Waals surface area contributed by atoms with Crippen molar-refractivity contribution in [1.29, 1.82) is 0 Å². The summed E-state index contributed by atoms with van der Waals surface area (Å²) < 4.78 is 0. The van der Waals surface area contributed by atoms with Crippen molar-refractivity contribution in [2.24, 2.45) is 11.3 Å². The van der Waals surface area contributed by atoms with Crippen LogP contribution in [-0.4, -0.2) is 49.1 Å². The van der Waals surface area contributed by atoms with Crippen molar-refractivity contribution in [3.8, 4) is 11.8 Å². The van der Waals surface area contributed by atoms with Crippen LogP contribution < -0.4 is 0 Å². The molecular formula is C16H26N2. The zero-order valence-corrected chi connectivity index (χ0v) is 11.9. The highest BCUT2D eigenvalue weighted by Crippen LogP contribution is 2.41. The van der Waals surface area contributed by atoms with Gasteiger partial charge in [-0.3, -0.25) is 4.90 Å². The maximum atomic E-state index is 3.36. The van der Waals surface area contributed by atoms with Crippen molar-refractivity contribution < 1.29 is 0 Å². The van der Waals surface area contributed by atoms with E-state index in [0.717, 1.165) is 6.04 Å². The van der Waals surface area contributed by atoms with Gasteiger partial charge in [-0.2, -0.15) is 0 Å². The van der Waals surface area contributed by atoms with Gasteiger partial charge in [-0.1, -0.05) is 0 Å². The van der Waals surface area contributed by atoms with E-state index in [0.29, 0.717) is 11.3 Å². The van der Waals surface area contributed by atoms with Crippen LogP contribution in [0.5, 0.6) is 0 Å². The van der Waals surface area contributed by atoms with Crippen LogP contribution >= 0.6 is 0 Å². The summed E-state index contributed by atoms with van der Waals surface area (Å²) in [4.78, 5) is 5.26. The Hall–Kier alpha value is -0.520. The van der Waals surface area contributed by atoms with Crippen LogP contribution in [0.4, 0.5) is 0 Å².